The molecule has 0 saturated heterocycles. The molecule has 0 saturated carbocycles. The summed E-state index contributed by atoms with van der Waals surface area (Å²) in [5.74, 6) is 0. The van der Waals surface area contributed by atoms with Crippen molar-refractivity contribution in [2.24, 2.45) is 7.05 Å². The molecule has 0 fully saturated rings. The first-order valence-corrected chi connectivity index (χ1v) is 7.39. The van der Waals surface area contributed by atoms with Gasteiger partial charge in [0.25, 0.3) is 0 Å². The van der Waals surface area contributed by atoms with E-state index in [-0.39, 0.29) is 6.04 Å². The molecule has 20 heavy (non-hydrogen) atoms. The van der Waals surface area contributed by atoms with Crippen LogP contribution in [-0.2, 0) is 19.9 Å². The van der Waals surface area contributed by atoms with Gasteiger partial charge in [0.05, 0.1) is 16.4 Å². The van der Waals surface area contributed by atoms with Crippen LogP contribution in [0.25, 0.3) is 0 Å². The first-order valence-electron chi connectivity index (χ1n) is 7.01. The lowest BCUT2D eigenvalue weighted by atomic mass is 9.97. The predicted octanol–water partition coefficient (Wildman–Crippen LogP) is 3.45. The molecule has 1 atom stereocenters. The Bertz CT molecular complexity index is 589. The summed E-state index contributed by atoms with van der Waals surface area (Å²) in [6, 6.07) is 8.70. The van der Waals surface area contributed by atoms with Gasteiger partial charge in [0.2, 0.25) is 0 Å². The Kier molecular flexibility index (Phi) is 4.84. The van der Waals surface area contributed by atoms with E-state index < -0.39 is 0 Å². The number of hydrogen-bond acceptors (Lipinski definition) is 2. The Balaban J connectivity index is 2.32. The molecule has 1 aromatic carbocycles. The summed E-state index contributed by atoms with van der Waals surface area (Å²) in [6.45, 7) is 4.22. The standard InChI is InChI=1S/C16H22ClN3/c1-5-13-16(17)15(20(4)19-13)10-14(18-3)12-9-7-6-8-11(12)2/h6-9,14,18H,5,10H2,1-4H3. The lowest BCUT2D eigenvalue weighted by Crippen LogP contribution is -2.21. The highest BCUT2D eigenvalue weighted by atomic mass is 35.5. The summed E-state index contributed by atoms with van der Waals surface area (Å²) < 4.78 is 1.91. The number of halogens is 1. The van der Waals surface area contributed by atoms with Gasteiger partial charge in [0.1, 0.15) is 0 Å². The van der Waals surface area contributed by atoms with Gasteiger partial charge < -0.3 is 5.32 Å². The van der Waals surface area contributed by atoms with Crippen LogP contribution in [0.2, 0.25) is 5.02 Å². The van der Waals surface area contributed by atoms with Crippen LogP contribution in [0.15, 0.2) is 24.3 Å². The van der Waals surface area contributed by atoms with Crippen molar-refractivity contribution in [1.29, 1.82) is 0 Å². The molecule has 0 aliphatic rings. The van der Waals surface area contributed by atoms with Crippen LogP contribution in [0.1, 0.15) is 35.5 Å². The van der Waals surface area contributed by atoms with Gasteiger partial charge in [-0.05, 0) is 31.5 Å². The number of aryl methyl sites for hydroxylation is 3. The molecule has 1 unspecified atom stereocenters. The largest absolute Gasteiger partial charge is 0.313 e. The maximum atomic E-state index is 6.45. The van der Waals surface area contributed by atoms with Crippen molar-refractivity contribution < 1.29 is 0 Å². The molecule has 0 radical (unpaired) electrons. The third-order valence-corrected chi connectivity index (χ3v) is 4.25. The fraction of sp³-hybridized carbons (Fsp3) is 0.438. The topological polar surface area (TPSA) is 29.9 Å². The van der Waals surface area contributed by atoms with E-state index in [2.05, 4.69) is 48.5 Å². The van der Waals surface area contributed by atoms with Gasteiger partial charge in [-0.15, -0.1) is 0 Å². The molecule has 108 valence electrons. The van der Waals surface area contributed by atoms with Crippen LogP contribution < -0.4 is 5.32 Å². The van der Waals surface area contributed by atoms with Gasteiger partial charge in [-0.25, -0.2) is 0 Å². The van der Waals surface area contributed by atoms with Crippen LogP contribution in [0, 0.1) is 6.92 Å². The summed E-state index contributed by atoms with van der Waals surface area (Å²) in [7, 11) is 3.95. The van der Waals surface area contributed by atoms with Crippen LogP contribution in [0.4, 0.5) is 0 Å². The summed E-state index contributed by atoms with van der Waals surface area (Å²) >= 11 is 6.45. The fourth-order valence-corrected chi connectivity index (χ4v) is 2.95. The summed E-state index contributed by atoms with van der Waals surface area (Å²) in [5, 5.41) is 8.69. The predicted molar refractivity (Wildman–Crippen MR) is 84.3 cm³/mol. The Morgan fingerprint density at radius 2 is 2.05 bits per heavy atom. The molecular formula is C16H22ClN3. The number of nitrogens with one attached hydrogen (secondary N) is 1. The Morgan fingerprint density at radius 1 is 1.35 bits per heavy atom. The number of nitrogens with zero attached hydrogens (tertiary/aromatic N) is 2. The third kappa shape index (κ3) is 2.89. The van der Waals surface area contributed by atoms with E-state index in [0.29, 0.717) is 0 Å². The zero-order valence-electron chi connectivity index (χ0n) is 12.6. The highest BCUT2D eigenvalue weighted by molar-refractivity contribution is 6.31. The first kappa shape index (κ1) is 15.1. The molecule has 1 N–H and O–H groups in total. The SMILES string of the molecule is CCc1nn(C)c(CC(NC)c2ccccc2C)c1Cl. The molecule has 4 heteroatoms. The van der Waals surface area contributed by atoms with Crippen molar-refractivity contribution in [3.63, 3.8) is 0 Å². The van der Waals surface area contributed by atoms with Gasteiger partial charge in [-0.3, -0.25) is 4.68 Å². The van der Waals surface area contributed by atoms with E-state index in [9.17, 15) is 0 Å². The van der Waals surface area contributed by atoms with Crippen LogP contribution >= 0.6 is 11.6 Å². The number of aromatic nitrogens is 2. The average molecular weight is 292 g/mol. The summed E-state index contributed by atoms with van der Waals surface area (Å²) in [4.78, 5) is 0. The molecule has 1 heterocycles. The van der Waals surface area contributed by atoms with Crippen LogP contribution in [0.3, 0.4) is 0 Å². The van der Waals surface area contributed by atoms with E-state index in [4.69, 9.17) is 11.6 Å². The van der Waals surface area contributed by atoms with E-state index in [1.807, 2.05) is 18.8 Å². The van der Waals surface area contributed by atoms with Gasteiger partial charge in [0.15, 0.2) is 0 Å². The van der Waals surface area contributed by atoms with E-state index >= 15 is 0 Å². The maximum Gasteiger partial charge on any atom is 0.0850 e. The second-order valence-corrected chi connectivity index (χ2v) is 5.46. The second kappa shape index (κ2) is 6.42. The van der Waals surface area contributed by atoms with Gasteiger partial charge >= 0.3 is 0 Å². The van der Waals surface area contributed by atoms with Crippen LogP contribution in [0.5, 0.6) is 0 Å². The minimum atomic E-state index is 0.244. The molecule has 0 spiro atoms. The molecule has 2 rings (SSSR count). The molecule has 0 aliphatic heterocycles. The van der Waals surface area contributed by atoms with Gasteiger partial charge in [-0.1, -0.05) is 42.8 Å². The van der Waals surface area contributed by atoms with Crippen molar-refractivity contribution in [2.45, 2.75) is 32.7 Å². The van der Waals surface area contributed by atoms with Gasteiger partial charge in [-0.2, -0.15) is 5.10 Å². The zero-order valence-corrected chi connectivity index (χ0v) is 13.3. The summed E-state index contributed by atoms with van der Waals surface area (Å²) in [6.07, 6.45) is 1.70. The Labute approximate surface area is 126 Å². The van der Waals surface area contributed by atoms with Gasteiger partial charge in [0, 0.05) is 19.5 Å². The van der Waals surface area contributed by atoms with Crippen LogP contribution in [-0.4, -0.2) is 16.8 Å². The zero-order chi connectivity index (χ0) is 14.7. The third-order valence-electron chi connectivity index (χ3n) is 3.81. The van der Waals surface area contributed by atoms with E-state index in [1.54, 1.807) is 0 Å². The van der Waals surface area contributed by atoms with Crippen molar-refractivity contribution in [1.82, 2.24) is 15.1 Å². The quantitative estimate of drug-likeness (QED) is 0.914. The molecule has 0 amide bonds. The lowest BCUT2D eigenvalue weighted by Gasteiger charge is -2.19. The molecular weight excluding hydrogens is 270 g/mol. The van der Waals surface area contributed by atoms with Crippen molar-refractivity contribution in [2.75, 3.05) is 7.05 Å². The van der Waals surface area contributed by atoms with E-state index in [0.717, 1.165) is 29.3 Å². The monoisotopic (exact) mass is 291 g/mol. The molecule has 0 aliphatic carbocycles. The lowest BCUT2D eigenvalue weighted by molar-refractivity contribution is 0.559. The molecule has 0 bridgehead atoms. The number of benzene rings is 1. The average Bonchev–Trinajstić information content (AvgIpc) is 2.72. The highest BCUT2D eigenvalue weighted by Crippen LogP contribution is 2.27. The van der Waals surface area contributed by atoms with Crippen molar-refractivity contribution in [3.05, 3.63) is 51.8 Å². The maximum absolute atomic E-state index is 6.45. The number of likely N-dealkylation sites (N-methyl/N-ethyl adjacent to an activating group) is 1. The second-order valence-electron chi connectivity index (χ2n) is 5.09. The Morgan fingerprint density at radius 3 is 2.60 bits per heavy atom. The normalized spacial score (nSPS) is 12.7. The summed E-state index contributed by atoms with van der Waals surface area (Å²) in [5.41, 5.74) is 4.67. The van der Waals surface area contributed by atoms with Crippen molar-refractivity contribution in [3.8, 4) is 0 Å². The molecule has 2 aromatic rings. The highest BCUT2D eigenvalue weighted by Gasteiger charge is 2.19. The number of rotatable bonds is 5. The molecule has 3 nitrogen and oxygen atoms in total. The number of hydrogen-bond donors (Lipinski definition) is 1. The fourth-order valence-electron chi connectivity index (χ4n) is 2.58. The Hall–Kier alpha value is -1.32. The van der Waals surface area contributed by atoms with E-state index in [1.165, 1.54) is 11.1 Å². The first-order chi connectivity index (χ1) is 9.58. The smallest absolute Gasteiger partial charge is 0.0850 e. The minimum Gasteiger partial charge on any atom is -0.313 e. The van der Waals surface area contributed by atoms with Crippen molar-refractivity contribution >= 4 is 11.6 Å². The molecule has 1 aromatic heterocycles. The minimum absolute atomic E-state index is 0.244.